The van der Waals surface area contributed by atoms with Crippen molar-refractivity contribution in [3.05, 3.63) is 0 Å². The molecule has 0 aromatic heterocycles. The number of hydrogen-bond donors (Lipinski definition) is 0. The summed E-state index contributed by atoms with van der Waals surface area (Å²) in [6, 6.07) is 0. The topological polar surface area (TPSA) is 0 Å². The first-order chi connectivity index (χ1) is 1.41. The lowest BCUT2D eigenvalue weighted by molar-refractivity contribution is 2.50. The predicted octanol–water partition coefficient (Wildman–Crippen LogP) is 0.629. The van der Waals surface area contributed by atoms with E-state index in [2.05, 4.69) is 22.4 Å². The third kappa shape index (κ3) is 16.8. The Bertz CT molecular complexity index is 24.3. The Hall–Kier alpha value is 0.660. The third-order valence-electron chi connectivity index (χ3n) is 0. The molecule has 0 fully saturated rings. The van der Waals surface area contributed by atoms with Gasteiger partial charge < -0.3 is 0 Å². The normalized spacial score (nSPS) is 3.00. The summed E-state index contributed by atoms with van der Waals surface area (Å²) < 4.78 is 0. The van der Waals surface area contributed by atoms with E-state index < -0.39 is 0 Å². The second kappa shape index (κ2) is 9.40. The zero-order valence-corrected chi connectivity index (χ0v) is 3.67. The fraction of sp³-hybridized carbons (Fsp3) is 1.00. The first kappa shape index (κ1) is 8.82. The molecule has 0 amide bonds. The van der Waals surface area contributed by atoms with Gasteiger partial charge in [-0.3, -0.25) is 0 Å². The molecule has 0 aliphatic rings. The summed E-state index contributed by atoms with van der Waals surface area (Å²) in [7, 11) is 0.917. The summed E-state index contributed by atoms with van der Waals surface area (Å²) in [5.41, 5.74) is 0. The molecule has 0 unspecified atom stereocenters. The van der Waals surface area contributed by atoms with Crippen molar-refractivity contribution in [1.82, 2.24) is 0 Å². The van der Waals surface area contributed by atoms with E-state index in [1.54, 1.807) is 0 Å². The smallest absolute Gasteiger partial charge is 0 e. The Morgan fingerprint density at radius 3 is 1.25 bits per heavy atom. The molecule has 0 nitrogen and oxygen atoms in total. The molecule has 0 bridgehead atoms. The van der Waals surface area contributed by atoms with Crippen molar-refractivity contribution in [3.63, 3.8) is 0 Å². The van der Waals surface area contributed by atoms with Gasteiger partial charge in [-0.15, -0.1) is 0 Å². The van der Waals surface area contributed by atoms with Crippen LogP contribution in [-0.2, 0) is 31.3 Å². The van der Waals surface area contributed by atoms with E-state index in [9.17, 15) is 0 Å². The van der Waals surface area contributed by atoms with Crippen LogP contribution in [0.4, 0.5) is 0 Å². The van der Waals surface area contributed by atoms with Crippen LogP contribution >= 0.6 is 0 Å². The summed E-state index contributed by atoms with van der Waals surface area (Å²) in [5.74, 6) is 0. The Morgan fingerprint density at radius 2 is 1.25 bits per heavy atom. The van der Waals surface area contributed by atoms with E-state index in [0.29, 0.717) is 0 Å². The minimum Gasteiger partial charge on any atom is -0.0776 e. The highest BCUT2D eigenvalue weighted by molar-refractivity contribution is 8.37. The molecule has 0 atom stereocenters. The number of rotatable bonds is 0. The van der Waals surface area contributed by atoms with E-state index in [1.807, 2.05) is 0 Å². The Morgan fingerprint density at radius 1 is 1.25 bits per heavy atom. The SMILES string of the molecule is C.S=S=S. The van der Waals surface area contributed by atoms with Gasteiger partial charge in [0, 0.05) is 31.3 Å². The maximum atomic E-state index is 4.12. The quantitative estimate of drug-likeness (QED) is 0.451. The summed E-state index contributed by atoms with van der Waals surface area (Å²) in [4.78, 5) is 0. The van der Waals surface area contributed by atoms with Gasteiger partial charge in [-0.05, 0) is 0 Å². The van der Waals surface area contributed by atoms with Gasteiger partial charge in [-0.1, -0.05) is 7.43 Å². The van der Waals surface area contributed by atoms with Gasteiger partial charge in [0.2, 0.25) is 0 Å². The van der Waals surface area contributed by atoms with Crippen molar-refractivity contribution in [2.75, 3.05) is 0 Å². The highest BCUT2D eigenvalue weighted by Crippen LogP contribution is 0.998. The molecule has 4 heavy (non-hydrogen) atoms. The van der Waals surface area contributed by atoms with Crippen LogP contribution in [0.1, 0.15) is 7.43 Å². The van der Waals surface area contributed by atoms with Crippen LogP contribution < -0.4 is 0 Å². The van der Waals surface area contributed by atoms with Crippen LogP contribution in [-0.4, -0.2) is 0 Å². The Balaban J connectivity index is 0. The van der Waals surface area contributed by atoms with Crippen LogP contribution in [0.3, 0.4) is 0 Å². The average molecular weight is 112 g/mol. The molecule has 3 heteroatoms. The monoisotopic (exact) mass is 112 g/mol. The van der Waals surface area contributed by atoms with Crippen LogP contribution in [0.2, 0.25) is 0 Å². The van der Waals surface area contributed by atoms with E-state index >= 15 is 0 Å². The van der Waals surface area contributed by atoms with Gasteiger partial charge in [-0.2, -0.15) is 0 Å². The molecule has 0 aromatic carbocycles. The van der Waals surface area contributed by atoms with E-state index in [4.69, 9.17) is 0 Å². The molecule has 0 radical (unpaired) electrons. The fourth-order valence-corrected chi connectivity index (χ4v) is 0. The molecule has 0 saturated carbocycles. The van der Waals surface area contributed by atoms with Gasteiger partial charge in [0.05, 0.1) is 0 Å². The third-order valence-corrected chi connectivity index (χ3v) is 0. The van der Waals surface area contributed by atoms with Crippen LogP contribution in [0.5, 0.6) is 0 Å². The highest BCUT2D eigenvalue weighted by Gasteiger charge is 1.00. The second-order valence-corrected chi connectivity index (χ2v) is 1.84. The summed E-state index contributed by atoms with van der Waals surface area (Å²) in [5, 5.41) is 0. The maximum Gasteiger partial charge on any atom is 0 e. The minimum absolute atomic E-state index is 0. The lowest BCUT2D eigenvalue weighted by Crippen LogP contribution is -1.00. The molecule has 0 aliphatic carbocycles. The molecule has 26 valence electrons. The average Bonchev–Trinajstić information content (AvgIpc) is 0.918. The van der Waals surface area contributed by atoms with Crippen molar-refractivity contribution >= 4 is 31.3 Å². The van der Waals surface area contributed by atoms with Gasteiger partial charge >= 0.3 is 0 Å². The Labute approximate surface area is 39.1 Å². The molecule has 0 rings (SSSR count). The maximum absolute atomic E-state index is 4.12. The first-order valence-corrected chi connectivity index (χ1v) is 3.00. The van der Waals surface area contributed by atoms with Crippen molar-refractivity contribution in [2.24, 2.45) is 0 Å². The van der Waals surface area contributed by atoms with E-state index in [-0.39, 0.29) is 7.43 Å². The number of hydrogen-bond acceptors (Lipinski definition) is 2. The summed E-state index contributed by atoms with van der Waals surface area (Å²) >= 11 is 8.25. The van der Waals surface area contributed by atoms with Gasteiger partial charge in [0.15, 0.2) is 0 Å². The molecule has 0 N–H and O–H groups in total. The molecule has 0 spiro atoms. The van der Waals surface area contributed by atoms with E-state index in [1.165, 1.54) is 0 Å². The van der Waals surface area contributed by atoms with Gasteiger partial charge in [-0.25, -0.2) is 0 Å². The van der Waals surface area contributed by atoms with Crippen molar-refractivity contribution in [3.8, 4) is 0 Å². The summed E-state index contributed by atoms with van der Waals surface area (Å²) in [6.07, 6.45) is 0. The molecule has 0 aliphatic heterocycles. The molecular formula is CH4S3. The van der Waals surface area contributed by atoms with Crippen LogP contribution in [0.15, 0.2) is 0 Å². The van der Waals surface area contributed by atoms with Crippen molar-refractivity contribution < 1.29 is 0 Å². The first-order valence-electron chi connectivity index (χ1n) is 0.333. The minimum atomic E-state index is 0. The Kier molecular flexibility index (Phi) is 20.7. The standard InChI is InChI=1S/CH4.S3/c;1-3-2/h1H4;. The van der Waals surface area contributed by atoms with Crippen LogP contribution in [0.25, 0.3) is 0 Å². The lowest BCUT2D eigenvalue weighted by atomic mass is 12.0. The van der Waals surface area contributed by atoms with E-state index in [0.717, 1.165) is 8.88 Å². The molecular weight excluding hydrogens is 108 g/mol. The second-order valence-electron chi connectivity index (χ2n) is 0.0680. The zero-order chi connectivity index (χ0) is 2.71. The highest BCUT2D eigenvalue weighted by atomic mass is 33.1. The fourth-order valence-electron chi connectivity index (χ4n) is 0. The molecule has 0 aromatic rings. The van der Waals surface area contributed by atoms with Gasteiger partial charge in [0.1, 0.15) is 0 Å². The predicted molar refractivity (Wildman–Crippen MR) is 28.8 cm³/mol. The largest absolute Gasteiger partial charge is 0.0776 e. The van der Waals surface area contributed by atoms with Crippen LogP contribution in [0, 0.1) is 0 Å². The summed E-state index contributed by atoms with van der Waals surface area (Å²) in [6.45, 7) is 0. The van der Waals surface area contributed by atoms with Gasteiger partial charge in [0.25, 0.3) is 0 Å². The zero-order valence-electron chi connectivity index (χ0n) is 1.22. The van der Waals surface area contributed by atoms with Crippen molar-refractivity contribution in [2.45, 2.75) is 7.43 Å². The molecule has 0 saturated heterocycles. The molecule has 0 heterocycles. The van der Waals surface area contributed by atoms with Crippen molar-refractivity contribution in [1.29, 1.82) is 0 Å². The lowest BCUT2D eigenvalue weighted by Gasteiger charge is -1.000.